The maximum atomic E-state index is 12.9. The standard InChI is InChI=1S/C17H26BN3O3.C10H11NO2.C2H6/c1-13-17(6-3-4-7-17)8-9-21(13)16(24)14(5-10-22)20-15(23)11-18(2)12-19;12-7-11-9-5-6-13-10-4-2-1-3-8(9)10;1-2/h3-4,13-14,22H,5-11H2,1-2H3,(H,20,23);1-4,7,9H,5-6H2,(H,11,12);1-2H3. The average Bonchev–Trinajstić information content (AvgIpc) is 3.57. The molecule has 2 aliphatic heterocycles. The molecule has 3 unspecified atom stereocenters. The zero-order chi connectivity index (χ0) is 28.8. The molecule has 9 nitrogen and oxygen atoms in total. The Balaban J connectivity index is 0.000000298. The predicted molar refractivity (Wildman–Crippen MR) is 152 cm³/mol. The van der Waals surface area contributed by atoms with Crippen LogP contribution in [0.1, 0.15) is 64.5 Å². The van der Waals surface area contributed by atoms with Crippen LogP contribution < -0.4 is 15.4 Å². The Labute approximate surface area is 233 Å². The second kappa shape index (κ2) is 15.9. The van der Waals surface area contributed by atoms with E-state index in [0.717, 1.165) is 43.4 Å². The topological polar surface area (TPSA) is 132 Å². The van der Waals surface area contributed by atoms with Crippen LogP contribution in [0.15, 0.2) is 36.4 Å². The molecule has 1 aliphatic carbocycles. The van der Waals surface area contributed by atoms with Crippen molar-refractivity contribution < 1.29 is 24.2 Å². The van der Waals surface area contributed by atoms with E-state index in [0.29, 0.717) is 13.2 Å². The minimum absolute atomic E-state index is 0.0646. The number of nitrogens with one attached hydrogen (secondary N) is 2. The number of likely N-dealkylation sites (tertiary alicyclic amines) is 1. The number of aliphatic hydroxyl groups is 1. The number of ether oxygens (including phenoxy) is 1. The lowest BCUT2D eigenvalue weighted by Crippen LogP contribution is -2.51. The molecule has 0 radical (unpaired) electrons. The molecule has 3 aliphatic rings. The molecular weight excluding hydrogens is 495 g/mol. The van der Waals surface area contributed by atoms with Crippen LogP contribution in [0.25, 0.3) is 0 Å². The zero-order valence-corrected chi connectivity index (χ0v) is 23.7. The Morgan fingerprint density at radius 3 is 2.64 bits per heavy atom. The van der Waals surface area contributed by atoms with Gasteiger partial charge in [0.25, 0.3) is 6.71 Å². The Bertz CT molecular complexity index is 1020. The number of fused-ring (bicyclic) bond motifs is 1. The summed E-state index contributed by atoms with van der Waals surface area (Å²) in [5.74, 6) is 2.45. The summed E-state index contributed by atoms with van der Waals surface area (Å²) in [6.07, 6.45) is 9.17. The molecule has 1 spiro atoms. The molecular formula is C29H43BN4O5. The second-order valence-electron chi connectivity index (χ2n) is 10.1. The van der Waals surface area contributed by atoms with Crippen LogP contribution in [0.2, 0.25) is 13.1 Å². The van der Waals surface area contributed by atoms with Crippen molar-refractivity contribution in [1.29, 1.82) is 5.26 Å². The Morgan fingerprint density at radius 2 is 2.00 bits per heavy atom. The van der Waals surface area contributed by atoms with E-state index in [4.69, 9.17) is 10.00 Å². The summed E-state index contributed by atoms with van der Waals surface area (Å²) >= 11 is 0. The number of aliphatic hydroxyl groups excluding tert-OH is 1. The van der Waals surface area contributed by atoms with Crippen LogP contribution in [0.3, 0.4) is 0 Å². The number of hydrogen-bond donors (Lipinski definition) is 3. The van der Waals surface area contributed by atoms with Crippen molar-refractivity contribution in [1.82, 2.24) is 15.5 Å². The highest BCUT2D eigenvalue weighted by atomic mass is 16.5. The fourth-order valence-corrected chi connectivity index (χ4v) is 5.40. The lowest BCUT2D eigenvalue weighted by Gasteiger charge is -2.34. The van der Waals surface area contributed by atoms with Crippen LogP contribution in [0.4, 0.5) is 0 Å². The molecule has 0 bridgehead atoms. The number of nitrogens with zero attached hydrogens (tertiary/aromatic N) is 2. The van der Waals surface area contributed by atoms with Gasteiger partial charge in [-0.05, 0) is 44.1 Å². The monoisotopic (exact) mass is 538 g/mol. The Hall–Kier alpha value is -3.32. The number of para-hydroxylation sites is 1. The van der Waals surface area contributed by atoms with Crippen molar-refractivity contribution in [2.75, 3.05) is 19.8 Å². The van der Waals surface area contributed by atoms with Gasteiger partial charge in [0, 0.05) is 43.5 Å². The van der Waals surface area contributed by atoms with Crippen molar-refractivity contribution in [2.24, 2.45) is 5.41 Å². The molecule has 212 valence electrons. The van der Waals surface area contributed by atoms with E-state index in [1.54, 1.807) is 6.82 Å². The van der Waals surface area contributed by atoms with Crippen LogP contribution in [-0.2, 0) is 14.4 Å². The summed E-state index contributed by atoms with van der Waals surface area (Å²) in [7, 11) is 0. The highest BCUT2D eigenvalue weighted by Crippen LogP contribution is 2.46. The number of amides is 3. The van der Waals surface area contributed by atoms with Crippen LogP contribution in [-0.4, -0.2) is 66.8 Å². The summed E-state index contributed by atoms with van der Waals surface area (Å²) in [6, 6.07) is 7.30. The van der Waals surface area contributed by atoms with Crippen molar-refractivity contribution >= 4 is 24.9 Å². The van der Waals surface area contributed by atoms with Gasteiger partial charge >= 0.3 is 0 Å². The summed E-state index contributed by atoms with van der Waals surface area (Å²) in [5, 5.41) is 23.5. The smallest absolute Gasteiger partial charge is 0.274 e. The van der Waals surface area contributed by atoms with Crippen LogP contribution in [0.5, 0.6) is 5.75 Å². The molecule has 1 fully saturated rings. The minimum Gasteiger partial charge on any atom is -0.493 e. The first-order valence-electron chi connectivity index (χ1n) is 14.0. The molecule has 0 aromatic heterocycles. The number of allylic oxidation sites excluding steroid dienone is 2. The quantitative estimate of drug-likeness (QED) is 0.265. The fraction of sp³-hybridized carbons (Fsp3) is 0.586. The van der Waals surface area contributed by atoms with Crippen LogP contribution in [0, 0.1) is 16.6 Å². The molecule has 3 N–H and O–H groups in total. The molecule has 10 heteroatoms. The first-order valence-corrected chi connectivity index (χ1v) is 14.0. The van der Waals surface area contributed by atoms with Crippen molar-refractivity contribution in [2.45, 2.75) is 84.1 Å². The van der Waals surface area contributed by atoms with Gasteiger partial charge in [0.05, 0.1) is 12.6 Å². The van der Waals surface area contributed by atoms with E-state index in [1.165, 1.54) is 0 Å². The van der Waals surface area contributed by atoms with Gasteiger partial charge in [-0.15, -0.1) is 0 Å². The summed E-state index contributed by atoms with van der Waals surface area (Å²) in [6.45, 7) is 8.54. The molecule has 1 saturated heterocycles. The molecule has 4 rings (SSSR count). The SMILES string of the molecule is CB(C#N)CC(=O)NC(CCO)C(=O)N1CCC2(CC=CC2)C1C.CC.O=CNC1CCOc2ccccc21. The predicted octanol–water partition coefficient (Wildman–Crippen LogP) is 3.28. The second-order valence-corrected chi connectivity index (χ2v) is 10.1. The Kier molecular flexibility index (Phi) is 13.0. The van der Waals surface area contributed by atoms with Crippen LogP contribution >= 0.6 is 0 Å². The van der Waals surface area contributed by atoms with Gasteiger partial charge in [-0.3, -0.25) is 14.4 Å². The number of carbonyl (C=O) groups excluding carboxylic acids is 3. The van der Waals surface area contributed by atoms with E-state index in [-0.39, 0.29) is 48.7 Å². The number of hydrogen-bond acceptors (Lipinski definition) is 6. The van der Waals surface area contributed by atoms with Crippen molar-refractivity contribution in [3.63, 3.8) is 0 Å². The third-order valence-electron chi connectivity index (χ3n) is 7.69. The number of carbonyl (C=O) groups is 3. The first-order chi connectivity index (χ1) is 18.8. The molecule has 0 saturated carbocycles. The lowest BCUT2D eigenvalue weighted by atomic mass is 9.51. The molecule has 1 aromatic rings. The number of nitriles is 1. The molecule has 2 heterocycles. The molecule has 3 amide bonds. The van der Waals surface area contributed by atoms with E-state index in [9.17, 15) is 19.5 Å². The summed E-state index contributed by atoms with van der Waals surface area (Å²) in [4.78, 5) is 37.1. The summed E-state index contributed by atoms with van der Waals surface area (Å²) in [5.41, 5.74) is 1.21. The van der Waals surface area contributed by atoms with E-state index in [1.807, 2.05) is 49.0 Å². The van der Waals surface area contributed by atoms with Gasteiger partial charge in [0.2, 0.25) is 18.2 Å². The van der Waals surface area contributed by atoms with E-state index >= 15 is 0 Å². The number of rotatable bonds is 8. The normalized spacial score (nSPS) is 20.6. The van der Waals surface area contributed by atoms with E-state index < -0.39 is 12.8 Å². The van der Waals surface area contributed by atoms with E-state index in [2.05, 4.69) is 29.7 Å². The van der Waals surface area contributed by atoms with Gasteiger partial charge < -0.3 is 25.4 Å². The molecule has 39 heavy (non-hydrogen) atoms. The highest BCUT2D eigenvalue weighted by molar-refractivity contribution is 6.68. The van der Waals surface area contributed by atoms with Gasteiger partial charge in [0.15, 0.2) is 0 Å². The minimum atomic E-state index is -0.722. The molecule has 3 atom stereocenters. The van der Waals surface area contributed by atoms with Gasteiger partial charge in [-0.2, -0.15) is 0 Å². The first kappa shape index (κ1) is 31.9. The third kappa shape index (κ3) is 8.33. The van der Waals surface area contributed by atoms with Crippen molar-refractivity contribution in [3.8, 4) is 11.7 Å². The average molecular weight is 538 g/mol. The maximum absolute atomic E-state index is 12.9. The largest absolute Gasteiger partial charge is 0.493 e. The highest BCUT2D eigenvalue weighted by Gasteiger charge is 2.47. The maximum Gasteiger partial charge on any atom is 0.274 e. The van der Waals surface area contributed by atoms with Gasteiger partial charge in [0.1, 0.15) is 11.8 Å². The van der Waals surface area contributed by atoms with Gasteiger partial charge in [-0.25, -0.2) is 5.26 Å². The Morgan fingerprint density at radius 1 is 1.31 bits per heavy atom. The summed E-state index contributed by atoms with van der Waals surface area (Å²) < 4.78 is 5.44. The van der Waals surface area contributed by atoms with Crippen molar-refractivity contribution in [3.05, 3.63) is 42.0 Å². The van der Waals surface area contributed by atoms with Gasteiger partial charge in [-0.1, -0.05) is 51.0 Å². The third-order valence-corrected chi connectivity index (χ3v) is 7.69. The number of benzene rings is 1. The zero-order valence-electron chi connectivity index (χ0n) is 23.7. The lowest BCUT2D eigenvalue weighted by molar-refractivity contribution is -0.137. The fourth-order valence-electron chi connectivity index (χ4n) is 5.40. The molecule has 1 aromatic carbocycles.